The van der Waals surface area contributed by atoms with E-state index in [0.717, 1.165) is 12.3 Å². The van der Waals surface area contributed by atoms with E-state index in [4.69, 9.17) is 5.11 Å². The Bertz CT molecular complexity index is 443. The standard InChI is InChI=1S/C14H18N2O3/c17-13(18)12(11-4-2-1-3-5-11)16-14(19)15-9-8-10-6-7-10/h1-5,10,12H,6-9H2,(H,17,18)(H2,15,16,19)/t12-/m1/s1. The molecule has 0 saturated heterocycles. The van der Waals surface area contributed by atoms with Crippen molar-refractivity contribution < 1.29 is 14.7 Å². The van der Waals surface area contributed by atoms with E-state index in [2.05, 4.69) is 10.6 Å². The van der Waals surface area contributed by atoms with Crippen LogP contribution in [0.3, 0.4) is 0 Å². The van der Waals surface area contributed by atoms with Crippen LogP contribution in [-0.2, 0) is 4.79 Å². The van der Waals surface area contributed by atoms with Crippen LogP contribution in [0.1, 0.15) is 30.9 Å². The third kappa shape index (κ3) is 4.28. The Hall–Kier alpha value is -2.04. The molecule has 1 aromatic carbocycles. The van der Waals surface area contributed by atoms with E-state index in [1.54, 1.807) is 30.3 Å². The number of nitrogens with one attached hydrogen (secondary N) is 2. The van der Waals surface area contributed by atoms with E-state index < -0.39 is 18.0 Å². The fraction of sp³-hybridized carbons (Fsp3) is 0.429. The Morgan fingerprint density at radius 2 is 1.95 bits per heavy atom. The van der Waals surface area contributed by atoms with Crippen molar-refractivity contribution in [1.29, 1.82) is 0 Å². The predicted octanol–water partition coefficient (Wildman–Crippen LogP) is 1.91. The predicted molar refractivity (Wildman–Crippen MR) is 70.7 cm³/mol. The van der Waals surface area contributed by atoms with Crippen LogP contribution in [0.5, 0.6) is 0 Å². The molecule has 3 N–H and O–H groups in total. The molecule has 0 aliphatic heterocycles. The summed E-state index contributed by atoms with van der Waals surface area (Å²) in [5.74, 6) is -0.326. The van der Waals surface area contributed by atoms with Gasteiger partial charge in [-0.3, -0.25) is 0 Å². The minimum Gasteiger partial charge on any atom is -0.479 e. The van der Waals surface area contributed by atoms with Crippen LogP contribution in [0.15, 0.2) is 30.3 Å². The molecule has 1 atom stereocenters. The van der Waals surface area contributed by atoms with E-state index in [1.165, 1.54) is 12.8 Å². The van der Waals surface area contributed by atoms with Crippen molar-refractivity contribution in [2.24, 2.45) is 5.92 Å². The van der Waals surface area contributed by atoms with Crippen molar-refractivity contribution >= 4 is 12.0 Å². The summed E-state index contributed by atoms with van der Waals surface area (Å²) in [7, 11) is 0. The molecule has 0 radical (unpaired) electrons. The fourth-order valence-corrected chi connectivity index (χ4v) is 1.91. The maximum Gasteiger partial charge on any atom is 0.330 e. The molecule has 2 amide bonds. The lowest BCUT2D eigenvalue weighted by molar-refractivity contribution is -0.139. The molecule has 0 aromatic heterocycles. The molecule has 1 fully saturated rings. The van der Waals surface area contributed by atoms with Crippen molar-refractivity contribution in [2.75, 3.05) is 6.54 Å². The quantitative estimate of drug-likeness (QED) is 0.732. The highest BCUT2D eigenvalue weighted by atomic mass is 16.4. The van der Waals surface area contributed by atoms with Gasteiger partial charge in [-0.25, -0.2) is 9.59 Å². The van der Waals surface area contributed by atoms with Crippen molar-refractivity contribution in [3.05, 3.63) is 35.9 Å². The smallest absolute Gasteiger partial charge is 0.330 e. The molecule has 1 aliphatic carbocycles. The van der Waals surface area contributed by atoms with Gasteiger partial charge in [0.15, 0.2) is 6.04 Å². The molecular formula is C14H18N2O3. The first-order valence-electron chi connectivity index (χ1n) is 6.49. The number of amides is 2. The second-order valence-electron chi connectivity index (χ2n) is 4.81. The zero-order chi connectivity index (χ0) is 13.7. The van der Waals surface area contributed by atoms with Gasteiger partial charge in [0.05, 0.1) is 0 Å². The Kier molecular flexibility index (Phi) is 4.39. The van der Waals surface area contributed by atoms with E-state index in [0.29, 0.717) is 12.1 Å². The number of carboxylic acid groups (broad SMARTS) is 1. The Labute approximate surface area is 112 Å². The lowest BCUT2D eigenvalue weighted by atomic mass is 10.1. The summed E-state index contributed by atoms with van der Waals surface area (Å²) in [4.78, 5) is 22.8. The molecule has 0 heterocycles. The molecule has 102 valence electrons. The largest absolute Gasteiger partial charge is 0.479 e. The number of hydrogen-bond acceptors (Lipinski definition) is 2. The number of carbonyl (C=O) groups is 2. The van der Waals surface area contributed by atoms with Crippen LogP contribution >= 0.6 is 0 Å². The molecular weight excluding hydrogens is 244 g/mol. The van der Waals surface area contributed by atoms with Crippen LogP contribution in [0.4, 0.5) is 4.79 Å². The SMILES string of the molecule is O=C(NCCC1CC1)N[C@@H](C(=O)O)c1ccccc1. The number of rotatable bonds is 6. The molecule has 2 rings (SSSR count). The van der Waals surface area contributed by atoms with Crippen LogP contribution in [0, 0.1) is 5.92 Å². The van der Waals surface area contributed by atoms with Gasteiger partial charge in [-0.1, -0.05) is 43.2 Å². The maximum absolute atomic E-state index is 11.6. The zero-order valence-corrected chi connectivity index (χ0v) is 10.6. The van der Waals surface area contributed by atoms with Crippen LogP contribution in [-0.4, -0.2) is 23.7 Å². The Balaban J connectivity index is 1.85. The lowest BCUT2D eigenvalue weighted by Crippen LogP contribution is -2.41. The molecule has 1 saturated carbocycles. The lowest BCUT2D eigenvalue weighted by Gasteiger charge is -2.15. The molecule has 0 unspecified atom stereocenters. The molecule has 1 aromatic rings. The van der Waals surface area contributed by atoms with Gasteiger partial charge >= 0.3 is 12.0 Å². The third-order valence-electron chi connectivity index (χ3n) is 3.19. The number of benzene rings is 1. The molecule has 1 aliphatic rings. The third-order valence-corrected chi connectivity index (χ3v) is 3.19. The van der Waals surface area contributed by atoms with Crippen molar-refractivity contribution in [1.82, 2.24) is 10.6 Å². The van der Waals surface area contributed by atoms with Crippen molar-refractivity contribution in [3.63, 3.8) is 0 Å². The van der Waals surface area contributed by atoms with Gasteiger partial charge in [0.2, 0.25) is 0 Å². The number of aliphatic carboxylic acids is 1. The fourth-order valence-electron chi connectivity index (χ4n) is 1.91. The van der Waals surface area contributed by atoms with Gasteiger partial charge < -0.3 is 15.7 Å². The molecule has 19 heavy (non-hydrogen) atoms. The topological polar surface area (TPSA) is 78.4 Å². The monoisotopic (exact) mass is 262 g/mol. The molecule has 5 nitrogen and oxygen atoms in total. The number of carboxylic acids is 1. The van der Waals surface area contributed by atoms with E-state index in [9.17, 15) is 9.59 Å². The highest BCUT2D eigenvalue weighted by Crippen LogP contribution is 2.31. The van der Waals surface area contributed by atoms with Gasteiger partial charge in [0.1, 0.15) is 0 Å². The minimum absolute atomic E-state index is 0.433. The van der Waals surface area contributed by atoms with Gasteiger partial charge in [-0.05, 0) is 17.9 Å². The van der Waals surface area contributed by atoms with Gasteiger partial charge in [0.25, 0.3) is 0 Å². The summed E-state index contributed by atoms with van der Waals surface area (Å²) in [6.45, 7) is 0.595. The molecule has 5 heteroatoms. The number of carbonyl (C=O) groups excluding carboxylic acids is 1. The molecule has 0 spiro atoms. The van der Waals surface area contributed by atoms with Crippen LogP contribution in [0.2, 0.25) is 0 Å². The van der Waals surface area contributed by atoms with E-state index >= 15 is 0 Å². The maximum atomic E-state index is 11.6. The minimum atomic E-state index is -1.07. The second kappa shape index (κ2) is 6.22. The zero-order valence-electron chi connectivity index (χ0n) is 10.6. The Morgan fingerprint density at radius 1 is 1.26 bits per heavy atom. The van der Waals surface area contributed by atoms with E-state index in [-0.39, 0.29) is 0 Å². The summed E-state index contributed by atoms with van der Waals surface area (Å²) in [6, 6.07) is 7.22. The first-order chi connectivity index (χ1) is 9.16. The summed E-state index contributed by atoms with van der Waals surface area (Å²) in [5.41, 5.74) is 0.562. The summed E-state index contributed by atoms with van der Waals surface area (Å²) < 4.78 is 0. The van der Waals surface area contributed by atoms with Crippen LogP contribution < -0.4 is 10.6 Å². The average molecular weight is 262 g/mol. The number of urea groups is 1. The van der Waals surface area contributed by atoms with Crippen LogP contribution in [0.25, 0.3) is 0 Å². The number of hydrogen-bond donors (Lipinski definition) is 3. The average Bonchev–Trinajstić information content (AvgIpc) is 3.21. The highest BCUT2D eigenvalue weighted by molar-refractivity contribution is 5.83. The van der Waals surface area contributed by atoms with Gasteiger partial charge in [-0.2, -0.15) is 0 Å². The van der Waals surface area contributed by atoms with Crippen molar-refractivity contribution in [3.8, 4) is 0 Å². The molecule has 0 bridgehead atoms. The highest BCUT2D eigenvalue weighted by Gasteiger charge is 2.23. The summed E-state index contributed by atoms with van der Waals surface area (Å²) in [5, 5.41) is 14.3. The second-order valence-corrected chi connectivity index (χ2v) is 4.81. The van der Waals surface area contributed by atoms with Crippen molar-refractivity contribution in [2.45, 2.75) is 25.3 Å². The normalized spacial score (nSPS) is 15.6. The first kappa shape index (κ1) is 13.4. The summed E-state index contributed by atoms with van der Waals surface area (Å²) >= 11 is 0. The van der Waals surface area contributed by atoms with Gasteiger partial charge in [0, 0.05) is 6.54 Å². The Morgan fingerprint density at radius 3 is 2.53 bits per heavy atom. The first-order valence-corrected chi connectivity index (χ1v) is 6.49. The summed E-state index contributed by atoms with van der Waals surface area (Å²) in [6.07, 6.45) is 3.45. The van der Waals surface area contributed by atoms with E-state index in [1.807, 2.05) is 0 Å². The van der Waals surface area contributed by atoms with Gasteiger partial charge in [-0.15, -0.1) is 0 Å².